The molecule has 9 heteroatoms. The van der Waals surface area contributed by atoms with Gasteiger partial charge in [-0.1, -0.05) is 12.1 Å². The molecule has 3 rings (SSSR count). The second-order valence-corrected chi connectivity index (χ2v) is 8.15. The van der Waals surface area contributed by atoms with E-state index in [4.69, 9.17) is 4.74 Å². The van der Waals surface area contributed by atoms with E-state index < -0.39 is 14.9 Å². The topological polar surface area (TPSA) is 102 Å². The zero-order chi connectivity index (χ0) is 19.4. The van der Waals surface area contributed by atoms with Crippen molar-refractivity contribution in [3.05, 3.63) is 58.1 Å². The zero-order valence-corrected chi connectivity index (χ0v) is 15.7. The van der Waals surface area contributed by atoms with Gasteiger partial charge >= 0.3 is 5.69 Å². The van der Waals surface area contributed by atoms with Crippen molar-refractivity contribution < 1.29 is 18.1 Å². The first-order valence-electron chi connectivity index (χ1n) is 8.65. The normalized spacial score (nSPS) is 15.5. The van der Waals surface area contributed by atoms with Crippen molar-refractivity contribution in [1.29, 1.82) is 0 Å². The van der Waals surface area contributed by atoms with Gasteiger partial charge in [0.15, 0.2) is 5.75 Å². The lowest BCUT2D eigenvalue weighted by Crippen LogP contribution is -2.25. The molecule has 0 unspecified atom stereocenters. The van der Waals surface area contributed by atoms with E-state index in [0.717, 1.165) is 5.56 Å². The maximum absolute atomic E-state index is 12.1. The first kappa shape index (κ1) is 19.0. The number of nitro benzene ring substituents is 1. The summed E-state index contributed by atoms with van der Waals surface area (Å²) < 4.78 is 30.9. The van der Waals surface area contributed by atoms with Crippen molar-refractivity contribution >= 4 is 27.1 Å². The molecule has 1 fully saturated rings. The quantitative estimate of drug-likeness (QED) is 0.575. The SMILES string of the molecule is CCOc1cc(NCc2cccc(N3CCCS3(=O)=O)c2)ccc1[N+](=O)[O-]. The Morgan fingerprint density at radius 3 is 2.74 bits per heavy atom. The van der Waals surface area contributed by atoms with Gasteiger partial charge in [0, 0.05) is 30.9 Å². The van der Waals surface area contributed by atoms with Crippen molar-refractivity contribution in [2.45, 2.75) is 19.9 Å². The first-order valence-corrected chi connectivity index (χ1v) is 10.3. The minimum Gasteiger partial charge on any atom is -0.487 e. The van der Waals surface area contributed by atoms with Gasteiger partial charge in [0.25, 0.3) is 0 Å². The Hall–Kier alpha value is -2.81. The molecule has 1 heterocycles. The number of anilines is 2. The first-order chi connectivity index (χ1) is 12.9. The van der Waals surface area contributed by atoms with Crippen LogP contribution < -0.4 is 14.4 Å². The fraction of sp³-hybridized carbons (Fsp3) is 0.333. The maximum atomic E-state index is 12.1. The Morgan fingerprint density at radius 2 is 2.07 bits per heavy atom. The summed E-state index contributed by atoms with van der Waals surface area (Å²) in [7, 11) is -3.22. The van der Waals surface area contributed by atoms with Crippen LogP contribution in [0.15, 0.2) is 42.5 Å². The molecule has 1 saturated heterocycles. The van der Waals surface area contributed by atoms with Crippen LogP contribution in [0.25, 0.3) is 0 Å². The molecule has 2 aromatic rings. The highest BCUT2D eigenvalue weighted by atomic mass is 32.2. The minimum absolute atomic E-state index is 0.0800. The van der Waals surface area contributed by atoms with Crippen molar-refractivity contribution in [3.63, 3.8) is 0 Å². The largest absolute Gasteiger partial charge is 0.487 e. The smallest absolute Gasteiger partial charge is 0.311 e. The van der Waals surface area contributed by atoms with E-state index in [-0.39, 0.29) is 17.2 Å². The lowest BCUT2D eigenvalue weighted by Gasteiger charge is -2.18. The molecule has 0 bridgehead atoms. The van der Waals surface area contributed by atoms with Crippen LogP contribution in [0.5, 0.6) is 5.75 Å². The summed E-state index contributed by atoms with van der Waals surface area (Å²) in [6.45, 7) is 3.04. The number of nitrogens with zero attached hydrogens (tertiary/aromatic N) is 2. The van der Waals surface area contributed by atoms with Crippen molar-refractivity contribution in [2.75, 3.05) is 28.5 Å². The molecule has 1 aliphatic heterocycles. The van der Waals surface area contributed by atoms with Gasteiger partial charge < -0.3 is 10.1 Å². The summed E-state index contributed by atoms with van der Waals surface area (Å²) in [5.41, 5.74) is 2.17. The fourth-order valence-corrected chi connectivity index (χ4v) is 4.56. The summed E-state index contributed by atoms with van der Waals surface area (Å²) in [5, 5.41) is 14.2. The molecule has 0 atom stereocenters. The van der Waals surface area contributed by atoms with E-state index in [2.05, 4.69) is 5.32 Å². The number of rotatable bonds is 7. The van der Waals surface area contributed by atoms with E-state index in [0.29, 0.717) is 37.5 Å². The Balaban J connectivity index is 1.75. The molecule has 0 aliphatic carbocycles. The lowest BCUT2D eigenvalue weighted by molar-refractivity contribution is -0.385. The van der Waals surface area contributed by atoms with Crippen molar-refractivity contribution in [3.8, 4) is 5.75 Å². The van der Waals surface area contributed by atoms with Crippen LogP contribution in [-0.4, -0.2) is 32.2 Å². The second-order valence-electron chi connectivity index (χ2n) is 6.14. The van der Waals surface area contributed by atoms with Gasteiger partial charge in [-0.2, -0.15) is 0 Å². The highest BCUT2D eigenvalue weighted by molar-refractivity contribution is 7.93. The van der Waals surface area contributed by atoms with Gasteiger partial charge in [0.05, 0.1) is 23.0 Å². The number of nitrogens with one attached hydrogen (secondary N) is 1. The third-order valence-electron chi connectivity index (χ3n) is 4.25. The van der Waals surface area contributed by atoms with Gasteiger partial charge in [-0.15, -0.1) is 0 Å². The molecule has 0 spiro atoms. The molecule has 8 nitrogen and oxygen atoms in total. The molecule has 1 N–H and O–H groups in total. The lowest BCUT2D eigenvalue weighted by atomic mass is 10.2. The molecule has 144 valence electrons. The summed E-state index contributed by atoms with van der Waals surface area (Å²) in [4.78, 5) is 10.6. The van der Waals surface area contributed by atoms with Gasteiger partial charge in [0.2, 0.25) is 10.0 Å². The molecule has 0 amide bonds. The third kappa shape index (κ3) is 4.30. The number of ether oxygens (including phenoxy) is 1. The zero-order valence-electron chi connectivity index (χ0n) is 14.9. The summed E-state index contributed by atoms with van der Waals surface area (Å²) >= 11 is 0. The van der Waals surface area contributed by atoms with Crippen LogP contribution in [0, 0.1) is 10.1 Å². The van der Waals surface area contributed by atoms with E-state index in [1.165, 1.54) is 10.4 Å². The summed E-state index contributed by atoms with van der Waals surface area (Å²) in [5.74, 6) is 0.391. The average Bonchev–Trinajstić information content (AvgIpc) is 2.99. The van der Waals surface area contributed by atoms with Crippen LogP contribution in [0.3, 0.4) is 0 Å². The predicted octanol–water partition coefficient (Wildman–Crippen LogP) is 3.15. The fourth-order valence-electron chi connectivity index (χ4n) is 3.00. The standard InChI is InChI=1S/C18H21N3O5S/c1-2-26-18-12-15(7-8-17(18)21(22)23)19-13-14-5-3-6-16(11-14)20-9-4-10-27(20,24)25/h3,5-8,11-12,19H,2,4,9-10,13H2,1H3. The number of hydrogen-bond donors (Lipinski definition) is 1. The molecule has 2 aromatic carbocycles. The number of nitro groups is 1. The van der Waals surface area contributed by atoms with Gasteiger partial charge in [-0.05, 0) is 37.1 Å². The number of sulfonamides is 1. The summed E-state index contributed by atoms with van der Waals surface area (Å²) in [6, 6.07) is 12.0. The average molecular weight is 391 g/mol. The second kappa shape index (κ2) is 7.83. The summed E-state index contributed by atoms with van der Waals surface area (Å²) in [6.07, 6.45) is 0.633. The Bertz CT molecular complexity index is 946. The number of hydrogen-bond acceptors (Lipinski definition) is 6. The minimum atomic E-state index is -3.22. The molecule has 0 radical (unpaired) electrons. The van der Waals surface area contributed by atoms with Gasteiger partial charge in [-0.3, -0.25) is 14.4 Å². The van der Waals surface area contributed by atoms with E-state index in [9.17, 15) is 18.5 Å². The molecule has 27 heavy (non-hydrogen) atoms. The third-order valence-corrected chi connectivity index (χ3v) is 6.12. The van der Waals surface area contributed by atoms with E-state index in [1.54, 1.807) is 25.1 Å². The molecule has 0 aromatic heterocycles. The van der Waals surface area contributed by atoms with Gasteiger partial charge in [0.1, 0.15) is 0 Å². The van der Waals surface area contributed by atoms with Crippen LogP contribution in [0.1, 0.15) is 18.9 Å². The maximum Gasteiger partial charge on any atom is 0.311 e. The predicted molar refractivity (Wildman–Crippen MR) is 104 cm³/mol. The van der Waals surface area contributed by atoms with Crippen molar-refractivity contribution in [1.82, 2.24) is 0 Å². The number of benzene rings is 2. The highest BCUT2D eigenvalue weighted by Crippen LogP contribution is 2.30. The van der Waals surface area contributed by atoms with Gasteiger partial charge in [-0.25, -0.2) is 8.42 Å². The highest BCUT2D eigenvalue weighted by Gasteiger charge is 2.28. The monoisotopic (exact) mass is 391 g/mol. The Labute approximate surface area is 158 Å². The molecule has 0 saturated carbocycles. The van der Waals surface area contributed by atoms with Crippen LogP contribution in [-0.2, 0) is 16.6 Å². The molecular weight excluding hydrogens is 370 g/mol. The molecule has 1 aliphatic rings. The Morgan fingerprint density at radius 1 is 1.26 bits per heavy atom. The van der Waals surface area contributed by atoms with Crippen LogP contribution in [0.4, 0.5) is 17.1 Å². The van der Waals surface area contributed by atoms with Crippen LogP contribution >= 0.6 is 0 Å². The molecular formula is C18H21N3O5S. The van der Waals surface area contributed by atoms with E-state index >= 15 is 0 Å². The Kier molecular flexibility index (Phi) is 5.50. The van der Waals surface area contributed by atoms with E-state index in [1.807, 2.05) is 18.2 Å². The van der Waals surface area contributed by atoms with Crippen molar-refractivity contribution in [2.24, 2.45) is 0 Å². The van der Waals surface area contributed by atoms with Crippen LogP contribution in [0.2, 0.25) is 0 Å².